The predicted octanol–water partition coefficient (Wildman–Crippen LogP) is 2.90. The number of amides is 1. The summed E-state index contributed by atoms with van der Waals surface area (Å²) in [4.78, 5) is 23.4. The molecule has 0 aromatic carbocycles. The summed E-state index contributed by atoms with van der Waals surface area (Å²) in [5.41, 5.74) is 1.90. The summed E-state index contributed by atoms with van der Waals surface area (Å²) in [6, 6.07) is 9.89. The SMILES string of the molecule is O=C(c1ccc(-n2cccn2)nc1)N1CCCC1CCc1ccncc1. The third-order valence-electron chi connectivity index (χ3n) is 4.89. The van der Waals surface area contributed by atoms with Gasteiger partial charge in [0.2, 0.25) is 0 Å². The summed E-state index contributed by atoms with van der Waals surface area (Å²) >= 11 is 0. The Hall–Kier alpha value is -3.02. The summed E-state index contributed by atoms with van der Waals surface area (Å²) in [7, 11) is 0. The number of hydrogen-bond donors (Lipinski definition) is 0. The summed E-state index contributed by atoms with van der Waals surface area (Å²) in [6.07, 6.45) is 12.9. The van der Waals surface area contributed by atoms with Gasteiger partial charge in [0.15, 0.2) is 5.82 Å². The lowest BCUT2D eigenvalue weighted by Crippen LogP contribution is -2.35. The molecule has 0 N–H and O–H groups in total. The number of likely N-dealkylation sites (tertiary alicyclic amines) is 1. The first-order valence-corrected chi connectivity index (χ1v) is 8.97. The molecule has 1 fully saturated rings. The first kappa shape index (κ1) is 16.4. The van der Waals surface area contributed by atoms with Gasteiger partial charge in [0.1, 0.15) is 0 Å². The van der Waals surface area contributed by atoms with Gasteiger partial charge in [0, 0.05) is 43.6 Å². The van der Waals surface area contributed by atoms with E-state index < -0.39 is 0 Å². The molecule has 1 atom stereocenters. The second-order valence-electron chi connectivity index (χ2n) is 6.54. The lowest BCUT2D eigenvalue weighted by Gasteiger charge is -2.25. The molecule has 0 aliphatic carbocycles. The van der Waals surface area contributed by atoms with Crippen LogP contribution < -0.4 is 0 Å². The number of hydrogen-bond acceptors (Lipinski definition) is 4. The third-order valence-corrected chi connectivity index (χ3v) is 4.89. The fourth-order valence-electron chi connectivity index (χ4n) is 3.50. The molecule has 1 aliphatic rings. The predicted molar refractivity (Wildman–Crippen MR) is 98.0 cm³/mol. The molecule has 1 saturated heterocycles. The van der Waals surface area contributed by atoms with Gasteiger partial charge in [0.25, 0.3) is 5.91 Å². The summed E-state index contributed by atoms with van der Waals surface area (Å²) in [5.74, 6) is 0.781. The van der Waals surface area contributed by atoms with E-state index in [4.69, 9.17) is 0 Å². The summed E-state index contributed by atoms with van der Waals surface area (Å²) in [6.45, 7) is 0.820. The fourth-order valence-corrected chi connectivity index (χ4v) is 3.50. The highest BCUT2D eigenvalue weighted by Crippen LogP contribution is 2.24. The quantitative estimate of drug-likeness (QED) is 0.712. The van der Waals surface area contributed by atoms with Crippen molar-refractivity contribution in [1.29, 1.82) is 0 Å². The van der Waals surface area contributed by atoms with Crippen LogP contribution in [-0.4, -0.2) is 43.1 Å². The normalized spacial score (nSPS) is 16.8. The molecule has 3 aromatic heterocycles. The molecule has 1 amide bonds. The van der Waals surface area contributed by atoms with Gasteiger partial charge >= 0.3 is 0 Å². The Labute approximate surface area is 152 Å². The van der Waals surface area contributed by atoms with Crippen molar-refractivity contribution in [1.82, 2.24) is 24.6 Å². The van der Waals surface area contributed by atoms with Crippen molar-refractivity contribution in [3.05, 3.63) is 72.4 Å². The maximum Gasteiger partial charge on any atom is 0.255 e. The third kappa shape index (κ3) is 3.49. The van der Waals surface area contributed by atoms with Crippen molar-refractivity contribution in [2.75, 3.05) is 6.54 Å². The Balaban J connectivity index is 1.43. The van der Waals surface area contributed by atoms with Gasteiger partial charge in [-0.25, -0.2) is 9.67 Å². The van der Waals surface area contributed by atoms with E-state index in [1.807, 2.05) is 53.8 Å². The van der Waals surface area contributed by atoms with E-state index >= 15 is 0 Å². The van der Waals surface area contributed by atoms with Crippen molar-refractivity contribution in [3.63, 3.8) is 0 Å². The molecule has 4 rings (SSSR count). The van der Waals surface area contributed by atoms with E-state index in [9.17, 15) is 4.79 Å². The molecular weight excluding hydrogens is 326 g/mol. The minimum absolute atomic E-state index is 0.0711. The maximum absolute atomic E-state index is 12.9. The molecule has 0 radical (unpaired) electrons. The van der Waals surface area contributed by atoms with Gasteiger partial charge in [-0.05, 0) is 61.6 Å². The van der Waals surface area contributed by atoms with Crippen LogP contribution in [0.4, 0.5) is 0 Å². The highest BCUT2D eigenvalue weighted by molar-refractivity contribution is 5.94. The Kier molecular flexibility index (Phi) is 4.73. The smallest absolute Gasteiger partial charge is 0.255 e. The molecule has 26 heavy (non-hydrogen) atoms. The molecule has 6 nitrogen and oxygen atoms in total. The summed E-state index contributed by atoms with van der Waals surface area (Å²) in [5, 5.41) is 4.16. The van der Waals surface area contributed by atoms with Crippen LogP contribution in [0, 0.1) is 0 Å². The number of aromatic nitrogens is 4. The molecule has 3 aromatic rings. The average Bonchev–Trinajstić information content (AvgIpc) is 3.39. The maximum atomic E-state index is 12.9. The van der Waals surface area contributed by atoms with Crippen LogP contribution in [0.1, 0.15) is 35.2 Å². The highest BCUT2D eigenvalue weighted by atomic mass is 16.2. The van der Waals surface area contributed by atoms with Gasteiger partial charge in [0.05, 0.1) is 5.56 Å². The van der Waals surface area contributed by atoms with E-state index in [2.05, 4.69) is 15.1 Å². The zero-order valence-electron chi connectivity index (χ0n) is 14.5. The van der Waals surface area contributed by atoms with Crippen LogP contribution in [0.5, 0.6) is 0 Å². The first-order valence-electron chi connectivity index (χ1n) is 8.97. The zero-order chi connectivity index (χ0) is 17.8. The minimum atomic E-state index is 0.0711. The Morgan fingerprint density at radius 2 is 2.04 bits per heavy atom. The van der Waals surface area contributed by atoms with Gasteiger partial charge in [-0.2, -0.15) is 5.10 Å². The number of carbonyl (C=O) groups excluding carboxylic acids is 1. The van der Waals surface area contributed by atoms with Crippen molar-refractivity contribution >= 4 is 5.91 Å². The van der Waals surface area contributed by atoms with Gasteiger partial charge in [-0.3, -0.25) is 9.78 Å². The van der Waals surface area contributed by atoms with Crippen molar-refractivity contribution in [2.24, 2.45) is 0 Å². The highest BCUT2D eigenvalue weighted by Gasteiger charge is 2.29. The van der Waals surface area contributed by atoms with Gasteiger partial charge in [-0.1, -0.05) is 0 Å². The van der Waals surface area contributed by atoms with Gasteiger partial charge < -0.3 is 4.90 Å². The van der Waals surface area contributed by atoms with Crippen LogP contribution in [0.3, 0.4) is 0 Å². The lowest BCUT2D eigenvalue weighted by atomic mass is 10.0. The van der Waals surface area contributed by atoms with Crippen molar-refractivity contribution in [2.45, 2.75) is 31.7 Å². The average molecular weight is 347 g/mol. The molecule has 1 unspecified atom stereocenters. The Morgan fingerprint density at radius 1 is 1.15 bits per heavy atom. The molecular formula is C20H21N5O. The van der Waals surface area contributed by atoms with E-state index in [1.54, 1.807) is 17.1 Å². The van der Waals surface area contributed by atoms with Crippen LogP contribution >= 0.6 is 0 Å². The van der Waals surface area contributed by atoms with Gasteiger partial charge in [-0.15, -0.1) is 0 Å². The second kappa shape index (κ2) is 7.47. The Bertz CT molecular complexity index is 846. The molecule has 1 aliphatic heterocycles. The molecule has 6 heteroatoms. The van der Waals surface area contributed by atoms with E-state index in [0.29, 0.717) is 17.4 Å². The number of rotatable bonds is 5. The standard InChI is InChI=1S/C20H21N5O/c26-20(17-5-7-19(22-15-17)25-14-2-10-23-25)24-13-1-3-18(24)6-4-16-8-11-21-12-9-16/h2,5,7-12,14-15,18H,1,3-4,6,13H2. The minimum Gasteiger partial charge on any atom is -0.336 e. The first-order chi connectivity index (χ1) is 12.8. The van der Waals surface area contributed by atoms with E-state index in [0.717, 1.165) is 32.2 Å². The Morgan fingerprint density at radius 3 is 2.77 bits per heavy atom. The summed E-state index contributed by atoms with van der Waals surface area (Å²) < 4.78 is 1.68. The largest absolute Gasteiger partial charge is 0.336 e. The van der Waals surface area contributed by atoms with Crippen LogP contribution in [0.2, 0.25) is 0 Å². The van der Waals surface area contributed by atoms with Crippen LogP contribution in [-0.2, 0) is 6.42 Å². The number of aryl methyl sites for hydroxylation is 1. The number of pyridine rings is 2. The molecule has 4 heterocycles. The number of carbonyl (C=O) groups is 1. The van der Waals surface area contributed by atoms with E-state index in [-0.39, 0.29) is 5.91 Å². The van der Waals surface area contributed by atoms with Crippen LogP contribution in [0.25, 0.3) is 5.82 Å². The monoisotopic (exact) mass is 347 g/mol. The molecule has 0 bridgehead atoms. The van der Waals surface area contributed by atoms with Crippen molar-refractivity contribution < 1.29 is 4.79 Å². The number of nitrogens with zero attached hydrogens (tertiary/aromatic N) is 5. The molecule has 0 spiro atoms. The lowest BCUT2D eigenvalue weighted by molar-refractivity contribution is 0.0730. The second-order valence-corrected chi connectivity index (χ2v) is 6.54. The zero-order valence-corrected chi connectivity index (χ0v) is 14.5. The van der Waals surface area contributed by atoms with Crippen molar-refractivity contribution in [3.8, 4) is 5.82 Å². The molecule has 132 valence electrons. The fraction of sp³-hybridized carbons (Fsp3) is 0.300. The topological polar surface area (TPSA) is 63.9 Å². The van der Waals surface area contributed by atoms with Crippen LogP contribution in [0.15, 0.2) is 61.3 Å². The van der Waals surface area contributed by atoms with E-state index in [1.165, 1.54) is 5.56 Å². The molecule has 0 saturated carbocycles.